The van der Waals surface area contributed by atoms with E-state index in [9.17, 15) is 0 Å². The maximum absolute atomic E-state index is 5.99. The van der Waals surface area contributed by atoms with Crippen LogP contribution in [0, 0.1) is 5.41 Å². The van der Waals surface area contributed by atoms with E-state index in [2.05, 4.69) is 58.9 Å². The van der Waals surface area contributed by atoms with Crippen LogP contribution in [0.4, 0.5) is 0 Å². The zero-order valence-electron chi connectivity index (χ0n) is 40.4. The van der Waals surface area contributed by atoms with E-state index >= 15 is 0 Å². The van der Waals surface area contributed by atoms with Gasteiger partial charge in [0.05, 0.1) is 7.11 Å². The van der Waals surface area contributed by atoms with Crippen molar-refractivity contribution in [2.24, 2.45) is 5.41 Å². The fourth-order valence-corrected chi connectivity index (χ4v) is 28.4. The summed E-state index contributed by atoms with van der Waals surface area (Å²) in [6.07, 6.45) is 1.01. The van der Waals surface area contributed by atoms with Crippen LogP contribution in [0.5, 0.6) is 5.75 Å². The van der Waals surface area contributed by atoms with Crippen molar-refractivity contribution in [1.82, 2.24) is 0 Å². The van der Waals surface area contributed by atoms with E-state index in [1.165, 1.54) is 5.56 Å². The standard InChI is InChI=1S/C73H24O/c1-68-54-44-34-24-19-14-15-17-18-16(14)21-27-25(19)35(34)45-47-37(27)39-29(21)31-23(18)33-32-22(17)30-28-20(15)26(24)36-38(28)48-50-40(30)42(32)52-53-43(33)41(31)51-49(39)59-57(47)69(2,55(45)54)65-64(68)66-70(3,58(48)56(68)46(36)44)60(50)62(52)72(5)63(53)61(51)71(59,4)67(65)73(66,72)11-12-7-9-13(74-6)10-8-12/h7-10H,11H2,1-6H3. The molecule has 0 aromatic heterocycles. The molecule has 11 aliphatic carbocycles. The highest BCUT2D eigenvalue weighted by Gasteiger charge is 2.83. The molecule has 4 unspecified atom stereocenters. The third-order valence-electron chi connectivity index (χ3n) is 28.6. The van der Waals surface area contributed by atoms with Crippen molar-refractivity contribution in [3.63, 3.8) is 0 Å². The molecular weight excluding hydrogens is 893 g/mol. The van der Waals surface area contributed by atoms with Gasteiger partial charge in [-0.1, -0.05) is 19.1 Å². The van der Waals surface area contributed by atoms with Crippen molar-refractivity contribution in [2.75, 3.05) is 7.11 Å². The minimum absolute atomic E-state index is 0.275. The second-order valence-electron chi connectivity index (χ2n) is 28.8. The molecule has 22 aromatic carbocycles. The van der Waals surface area contributed by atoms with Gasteiger partial charge in [-0.15, -0.1) is 0 Å². The Labute approximate surface area is 412 Å². The Kier molecular flexibility index (Phi) is 2.61. The maximum atomic E-state index is 5.99. The number of allylic oxidation sites excluding steroid dienone is 4. The third-order valence-corrected chi connectivity index (χ3v) is 28.6. The van der Waals surface area contributed by atoms with Crippen LogP contribution in [-0.4, -0.2) is 7.11 Å². The molecule has 0 spiro atoms. The molecule has 0 saturated heterocycles. The summed E-state index contributed by atoms with van der Waals surface area (Å²) in [4.78, 5) is 0. The van der Waals surface area contributed by atoms with Gasteiger partial charge >= 0.3 is 0 Å². The molecule has 0 saturated carbocycles. The van der Waals surface area contributed by atoms with Crippen molar-refractivity contribution < 1.29 is 4.74 Å². The number of hydrogen-bond acceptors (Lipinski definition) is 1. The monoisotopic (exact) mass is 916 g/mol. The average molecular weight is 917 g/mol. The van der Waals surface area contributed by atoms with E-state index in [1.54, 1.807) is 271 Å². The van der Waals surface area contributed by atoms with Gasteiger partial charge in [0.15, 0.2) is 0 Å². The molecule has 74 heavy (non-hydrogen) atoms. The van der Waals surface area contributed by atoms with Gasteiger partial charge < -0.3 is 4.74 Å². The number of benzene rings is 16. The van der Waals surface area contributed by atoms with E-state index in [4.69, 9.17) is 4.74 Å². The predicted molar refractivity (Wildman–Crippen MR) is 303 cm³/mol. The van der Waals surface area contributed by atoms with Crippen molar-refractivity contribution in [3.8, 4) is 5.75 Å². The third kappa shape index (κ3) is 1.54. The second kappa shape index (κ2) is 6.52. The smallest absolute Gasteiger partial charge is 0.118 e. The van der Waals surface area contributed by atoms with Crippen LogP contribution < -0.4 is 4.74 Å². The molecule has 0 fully saturated rings. The molecule has 322 valence electrons. The van der Waals surface area contributed by atoms with E-state index < -0.39 is 0 Å². The lowest BCUT2D eigenvalue weighted by Crippen LogP contribution is -2.62. The number of methoxy groups -OCH3 is 1. The minimum Gasteiger partial charge on any atom is -0.497 e. The molecule has 0 amide bonds. The van der Waals surface area contributed by atoms with Gasteiger partial charge in [-0.2, -0.15) is 0 Å². The first-order valence-corrected chi connectivity index (χ1v) is 28.1. The first-order valence-electron chi connectivity index (χ1n) is 28.1. The molecule has 0 aliphatic heterocycles. The van der Waals surface area contributed by atoms with E-state index in [0.717, 1.165) is 12.2 Å². The van der Waals surface area contributed by atoms with Crippen molar-refractivity contribution >= 4 is 215 Å². The predicted octanol–water partition coefficient (Wildman–Crippen LogP) is 17.6. The van der Waals surface area contributed by atoms with Crippen molar-refractivity contribution in [2.45, 2.75) is 68.1 Å². The molecule has 22 aromatic rings. The van der Waals surface area contributed by atoms with Crippen LogP contribution in [0.25, 0.3) is 215 Å². The van der Waals surface area contributed by atoms with Gasteiger partial charge in [-0.05, 0) is 345 Å². The summed E-state index contributed by atoms with van der Waals surface area (Å²) in [5, 5.41) is 67.3. The molecule has 0 bridgehead atoms. The van der Waals surface area contributed by atoms with E-state index in [1.807, 2.05) is 29.4 Å². The zero-order valence-corrected chi connectivity index (χ0v) is 40.4. The first-order chi connectivity index (χ1) is 36.2. The molecule has 0 N–H and O–H groups in total. The summed E-state index contributed by atoms with van der Waals surface area (Å²) in [5.41, 5.74) is 24.7. The Morgan fingerprint density at radius 1 is 0.270 bits per heavy atom. The Hall–Kier alpha value is -8.00. The largest absolute Gasteiger partial charge is 0.497 e. The van der Waals surface area contributed by atoms with Crippen LogP contribution in [0.3, 0.4) is 0 Å². The van der Waals surface area contributed by atoms with Gasteiger partial charge in [0.2, 0.25) is 0 Å². The Balaban J connectivity index is 1.12. The minimum atomic E-state index is -0.308. The lowest BCUT2D eigenvalue weighted by molar-refractivity contribution is 0.193. The van der Waals surface area contributed by atoms with Crippen LogP contribution >= 0.6 is 0 Å². The molecular formula is C73H24O. The number of rotatable bonds is 3. The van der Waals surface area contributed by atoms with Crippen LogP contribution in [0.15, 0.2) is 46.6 Å². The first kappa shape index (κ1) is 29.6. The number of hydrogen-bond donors (Lipinski definition) is 0. The molecule has 11 aliphatic rings. The number of ether oxygens (including phenoxy) is 1. The average Bonchev–Trinajstić information content (AvgIpc) is 2.01. The van der Waals surface area contributed by atoms with E-state index in [-0.39, 0.29) is 32.5 Å². The second-order valence-corrected chi connectivity index (χ2v) is 28.8. The van der Waals surface area contributed by atoms with Crippen LogP contribution in [-0.2, 0) is 33.5 Å². The molecule has 0 heterocycles. The molecule has 1 nitrogen and oxygen atoms in total. The highest BCUT2D eigenvalue weighted by atomic mass is 16.5. The molecule has 1 heteroatoms. The normalized spacial score (nSPS) is 31.1. The van der Waals surface area contributed by atoms with Gasteiger partial charge in [-0.25, -0.2) is 0 Å². The lowest BCUT2D eigenvalue weighted by atomic mass is 9.36. The van der Waals surface area contributed by atoms with Crippen molar-refractivity contribution in [3.05, 3.63) is 108 Å². The van der Waals surface area contributed by atoms with Gasteiger partial charge in [0.25, 0.3) is 0 Å². The van der Waals surface area contributed by atoms with Gasteiger partial charge in [-0.3, -0.25) is 0 Å². The summed E-state index contributed by atoms with van der Waals surface area (Å²) in [6.45, 7) is 14.4. The SMILES string of the molecule is COc1ccc(CC23C4=C5C6=C2C2(C)c7c8c9c%10c(c%11c%12c%13c(c%14c%15c%16c(c%17c%18c%19c(c2c2c7c7c9c9c%20c%10c%12c%10c%12c%13c%15c%13c%15c%16c%18c%16c%18c%19c2c2c7c9c7c(c%10%20)c(c%12%13)c(c%15%16)c7c2%18)C%173C)C4%14C)C5%11C)C68C)cc1. The van der Waals surface area contributed by atoms with Crippen LogP contribution in [0.2, 0.25) is 0 Å². The summed E-state index contributed by atoms with van der Waals surface area (Å²) in [7, 11) is 1.84. The molecule has 0 radical (unpaired) electrons. The molecule has 33 rings (SSSR count). The van der Waals surface area contributed by atoms with Gasteiger partial charge in [0.1, 0.15) is 5.75 Å². The molecule has 4 atom stereocenters. The summed E-state index contributed by atoms with van der Waals surface area (Å²) in [6, 6.07) is 9.58. The van der Waals surface area contributed by atoms with E-state index in [0.29, 0.717) is 0 Å². The Bertz CT molecular complexity index is 6770. The highest BCUT2D eigenvalue weighted by molar-refractivity contribution is 6.77. The van der Waals surface area contributed by atoms with Gasteiger partial charge in [0, 0.05) is 32.5 Å². The lowest BCUT2D eigenvalue weighted by Gasteiger charge is -2.65. The van der Waals surface area contributed by atoms with Crippen LogP contribution in [0.1, 0.15) is 95.8 Å². The zero-order chi connectivity index (χ0) is 45.6. The maximum Gasteiger partial charge on any atom is 0.118 e. The Morgan fingerprint density at radius 2 is 0.486 bits per heavy atom. The fraction of sp³-hybridized carbons (Fsp3) is 0.178. The Morgan fingerprint density at radius 3 is 0.743 bits per heavy atom. The fourth-order valence-electron chi connectivity index (χ4n) is 28.4. The highest BCUT2D eigenvalue weighted by Crippen LogP contribution is 2.93. The summed E-state index contributed by atoms with van der Waals surface area (Å²) >= 11 is 0. The summed E-state index contributed by atoms with van der Waals surface area (Å²) in [5.74, 6) is 0.961. The summed E-state index contributed by atoms with van der Waals surface area (Å²) < 4.78 is 5.99. The quantitative estimate of drug-likeness (QED) is 0.161. The topological polar surface area (TPSA) is 9.23 Å². The van der Waals surface area contributed by atoms with Crippen molar-refractivity contribution in [1.29, 1.82) is 0 Å².